The van der Waals surface area contributed by atoms with Crippen LogP contribution in [0.5, 0.6) is 0 Å². The fourth-order valence-electron chi connectivity index (χ4n) is 3.52. The Morgan fingerprint density at radius 3 is 2.78 bits per heavy atom. The van der Waals surface area contributed by atoms with Gasteiger partial charge in [-0.25, -0.2) is 0 Å². The third kappa shape index (κ3) is 3.46. The molecule has 0 spiro atoms. The number of likely N-dealkylation sites (N-methyl/N-ethyl adjacent to an activating group) is 2. The summed E-state index contributed by atoms with van der Waals surface area (Å²) in [5, 5.41) is 3.74. The zero-order valence-corrected chi connectivity index (χ0v) is 12.7. The van der Waals surface area contributed by atoms with Crippen molar-refractivity contribution in [1.29, 1.82) is 0 Å². The molecular formula is C15H31N3. The van der Waals surface area contributed by atoms with Crippen molar-refractivity contribution in [2.75, 3.05) is 40.3 Å². The lowest BCUT2D eigenvalue weighted by Gasteiger charge is -2.44. The van der Waals surface area contributed by atoms with Crippen molar-refractivity contribution >= 4 is 0 Å². The maximum atomic E-state index is 3.74. The van der Waals surface area contributed by atoms with Crippen molar-refractivity contribution in [2.24, 2.45) is 5.41 Å². The van der Waals surface area contributed by atoms with Crippen molar-refractivity contribution in [3.05, 3.63) is 0 Å². The molecule has 0 saturated carbocycles. The normalized spacial score (nSPS) is 33.8. The van der Waals surface area contributed by atoms with E-state index < -0.39 is 0 Å². The number of likely N-dealkylation sites (tertiary alicyclic amines) is 1. The highest BCUT2D eigenvalue weighted by atomic mass is 15.2. The summed E-state index contributed by atoms with van der Waals surface area (Å²) in [6, 6.07) is 1.41. The van der Waals surface area contributed by atoms with Gasteiger partial charge in [0.1, 0.15) is 0 Å². The van der Waals surface area contributed by atoms with Crippen molar-refractivity contribution in [3.8, 4) is 0 Å². The third-order valence-corrected chi connectivity index (χ3v) is 5.03. The van der Waals surface area contributed by atoms with Gasteiger partial charge in [0.05, 0.1) is 0 Å². The zero-order valence-electron chi connectivity index (χ0n) is 12.7. The summed E-state index contributed by atoms with van der Waals surface area (Å²) < 4.78 is 0. The van der Waals surface area contributed by atoms with Crippen LogP contribution in [0.1, 0.15) is 39.5 Å². The summed E-state index contributed by atoms with van der Waals surface area (Å²) in [6.07, 6.45) is 5.42. The summed E-state index contributed by atoms with van der Waals surface area (Å²) in [4.78, 5) is 5.07. The zero-order chi connectivity index (χ0) is 13.2. The van der Waals surface area contributed by atoms with Crippen LogP contribution in [-0.4, -0.2) is 62.2 Å². The van der Waals surface area contributed by atoms with E-state index in [1.54, 1.807) is 0 Å². The van der Waals surface area contributed by atoms with Gasteiger partial charge in [-0.1, -0.05) is 13.8 Å². The van der Waals surface area contributed by atoms with Crippen LogP contribution < -0.4 is 5.32 Å². The average molecular weight is 253 g/mol. The Balaban J connectivity index is 1.87. The number of hydrogen-bond acceptors (Lipinski definition) is 3. The third-order valence-electron chi connectivity index (χ3n) is 5.03. The Morgan fingerprint density at radius 1 is 1.33 bits per heavy atom. The molecule has 0 bridgehead atoms. The van der Waals surface area contributed by atoms with E-state index in [0.717, 1.165) is 6.04 Å². The number of nitrogens with one attached hydrogen (secondary N) is 1. The molecule has 0 aromatic heterocycles. The molecule has 0 radical (unpaired) electrons. The molecule has 2 atom stereocenters. The summed E-state index contributed by atoms with van der Waals surface area (Å²) >= 11 is 0. The first-order valence-electron chi connectivity index (χ1n) is 7.61. The predicted molar refractivity (Wildman–Crippen MR) is 78.0 cm³/mol. The Labute approximate surface area is 113 Å². The highest BCUT2D eigenvalue weighted by molar-refractivity contribution is 4.91. The van der Waals surface area contributed by atoms with E-state index in [2.05, 4.69) is 43.1 Å². The standard InChI is InChI=1S/C15H31N3/c1-15(2)8-6-9-16-14(15)12-18(4)13-7-5-10-17(3)11-13/h13-14,16H,5-12H2,1-4H3. The van der Waals surface area contributed by atoms with Gasteiger partial charge in [0.15, 0.2) is 0 Å². The first kappa shape index (κ1) is 14.3. The molecule has 2 saturated heterocycles. The van der Waals surface area contributed by atoms with E-state index in [1.807, 2.05) is 0 Å². The molecule has 2 unspecified atom stereocenters. The molecule has 0 aromatic rings. The largest absolute Gasteiger partial charge is 0.312 e. The highest BCUT2D eigenvalue weighted by Gasteiger charge is 2.34. The fourth-order valence-corrected chi connectivity index (χ4v) is 3.52. The van der Waals surface area contributed by atoms with Crippen molar-refractivity contribution in [3.63, 3.8) is 0 Å². The van der Waals surface area contributed by atoms with Gasteiger partial charge in [-0.2, -0.15) is 0 Å². The van der Waals surface area contributed by atoms with E-state index in [9.17, 15) is 0 Å². The van der Waals surface area contributed by atoms with Crippen LogP contribution >= 0.6 is 0 Å². The van der Waals surface area contributed by atoms with Crippen LogP contribution in [0.4, 0.5) is 0 Å². The van der Waals surface area contributed by atoms with Gasteiger partial charge < -0.3 is 15.1 Å². The molecule has 2 aliphatic rings. The molecule has 2 rings (SSSR count). The molecule has 2 fully saturated rings. The maximum Gasteiger partial charge on any atom is 0.0246 e. The quantitative estimate of drug-likeness (QED) is 0.827. The minimum atomic E-state index is 0.451. The number of nitrogens with zero attached hydrogens (tertiary/aromatic N) is 2. The molecule has 0 aliphatic carbocycles. The van der Waals surface area contributed by atoms with E-state index in [-0.39, 0.29) is 0 Å². The minimum Gasteiger partial charge on any atom is -0.312 e. The summed E-state index contributed by atoms with van der Waals surface area (Å²) in [5.74, 6) is 0. The lowest BCUT2D eigenvalue weighted by molar-refractivity contribution is 0.0859. The Hall–Kier alpha value is -0.120. The average Bonchev–Trinajstić information content (AvgIpc) is 2.31. The lowest BCUT2D eigenvalue weighted by atomic mass is 9.77. The minimum absolute atomic E-state index is 0.451. The van der Waals surface area contributed by atoms with Gasteiger partial charge >= 0.3 is 0 Å². The molecule has 1 N–H and O–H groups in total. The van der Waals surface area contributed by atoms with Crippen LogP contribution in [0.15, 0.2) is 0 Å². The SMILES string of the molecule is CN1CCCC(N(C)CC2NCCCC2(C)C)C1. The molecule has 3 nitrogen and oxygen atoms in total. The molecule has 106 valence electrons. The lowest BCUT2D eigenvalue weighted by Crippen LogP contribution is -2.55. The van der Waals surface area contributed by atoms with Gasteiger partial charge in [-0.3, -0.25) is 0 Å². The van der Waals surface area contributed by atoms with E-state index in [1.165, 1.54) is 51.9 Å². The summed E-state index contributed by atoms with van der Waals surface area (Å²) in [6.45, 7) is 9.76. The van der Waals surface area contributed by atoms with E-state index in [4.69, 9.17) is 0 Å². The van der Waals surface area contributed by atoms with Crippen molar-refractivity contribution in [2.45, 2.75) is 51.6 Å². The Morgan fingerprint density at radius 2 is 2.11 bits per heavy atom. The van der Waals surface area contributed by atoms with Crippen LogP contribution in [-0.2, 0) is 0 Å². The Kier molecular flexibility index (Phi) is 4.68. The van der Waals surface area contributed by atoms with Gasteiger partial charge in [0.25, 0.3) is 0 Å². The molecule has 2 aliphatic heterocycles. The first-order chi connectivity index (χ1) is 8.49. The smallest absolute Gasteiger partial charge is 0.0246 e. The number of piperidine rings is 2. The van der Waals surface area contributed by atoms with Crippen molar-refractivity contribution < 1.29 is 0 Å². The maximum absolute atomic E-state index is 3.74. The topological polar surface area (TPSA) is 18.5 Å². The van der Waals surface area contributed by atoms with Gasteiger partial charge in [-0.05, 0) is 58.3 Å². The first-order valence-corrected chi connectivity index (χ1v) is 7.61. The van der Waals surface area contributed by atoms with Crippen LogP contribution in [0.3, 0.4) is 0 Å². The van der Waals surface area contributed by atoms with Gasteiger partial charge in [0, 0.05) is 25.2 Å². The summed E-state index contributed by atoms with van der Waals surface area (Å²) in [7, 11) is 4.57. The highest BCUT2D eigenvalue weighted by Crippen LogP contribution is 2.30. The number of hydrogen-bond donors (Lipinski definition) is 1. The van der Waals surface area contributed by atoms with Crippen LogP contribution in [0.25, 0.3) is 0 Å². The van der Waals surface area contributed by atoms with Crippen molar-refractivity contribution in [1.82, 2.24) is 15.1 Å². The summed E-state index contributed by atoms with van der Waals surface area (Å²) in [5.41, 5.74) is 0.451. The van der Waals surface area contributed by atoms with Crippen LogP contribution in [0.2, 0.25) is 0 Å². The second kappa shape index (κ2) is 5.89. The van der Waals surface area contributed by atoms with E-state index >= 15 is 0 Å². The molecule has 0 amide bonds. The van der Waals surface area contributed by atoms with Crippen LogP contribution in [0, 0.1) is 5.41 Å². The van der Waals surface area contributed by atoms with Gasteiger partial charge in [0.2, 0.25) is 0 Å². The molecule has 18 heavy (non-hydrogen) atoms. The molecule has 0 aromatic carbocycles. The molecule has 3 heteroatoms. The fraction of sp³-hybridized carbons (Fsp3) is 1.00. The second-order valence-corrected chi connectivity index (χ2v) is 7.10. The Bertz CT molecular complexity index is 264. The predicted octanol–water partition coefficient (Wildman–Crippen LogP) is 1.79. The second-order valence-electron chi connectivity index (χ2n) is 7.10. The molecular weight excluding hydrogens is 222 g/mol. The number of rotatable bonds is 3. The van der Waals surface area contributed by atoms with E-state index in [0.29, 0.717) is 11.5 Å². The molecule has 2 heterocycles. The monoisotopic (exact) mass is 253 g/mol. The van der Waals surface area contributed by atoms with Gasteiger partial charge in [-0.15, -0.1) is 0 Å².